The number of nitrogens with zero attached hydrogens (tertiary/aromatic N) is 2. The molecule has 0 radical (unpaired) electrons. The van der Waals surface area contributed by atoms with Crippen LogP contribution in [0.3, 0.4) is 0 Å². The number of rotatable bonds is 7. The minimum absolute atomic E-state index is 0.000821. The fourth-order valence-electron chi connectivity index (χ4n) is 3.46. The van der Waals surface area contributed by atoms with Crippen LogP contribution in [0.25, 0.3) is 0 Å². The number of fused-ring (bicyclic) bond motifs is 1. The monoisotopic (exact) mass is 347 g/mol. The Hall–Kier alpha value is -1.79. The minimum Gasteiger partial charge on any atom is -0.454 e. The van der Waals surface area contributed by atoms with E-state index in [0.717, 1.165) is 31.0 Å². The lowest BCUT2D eigenvalue weighted by atomic mass is 10.1. The molecule has 138 valence electrons. The van der Waals surface area contributed by atoms with Gasteiger partial charge in [-0.2, -0.15) is 0 Å². The number of amides is 1. The number of likely N-dealkylation sites (N-methyl/N-ethyl adjacent to an activating group) is 1. The van der Waals surface area contributed by atoms with E-state index < -0.39 is 0 Å². The summed E-state index contributed by atoms with van der Waals surface area (Å²) in [6.45, 7) is 7.10. The minimum atomic E-state index is -0.000821. The standard InChI is InChI=1S/C19H29N3O3/c1-14(10-16-6-7-17-18(11-16)25-13-24-17)21(3)15(2)20-19(23)12-22-8-4-5-9-22/h6-7,11,14-15H,4-5,8-10,12-13H2,1-3H3,(H,20,23). The van der Waals surface area contributed by atoms with E-state index in [1.165, 1.54) is 18.4 Å². The van der Waals surface area contributed by atoms with Gasteiger partial charge >= 0.3 is 0 Å². The molecule has 1 aromatic carbocycles. The van der Waals surface area contributed by atoms with Crippen molar-refractivity contribution in [3.05, 3.63) is 23.8 Å². The van der Waals surface area contributed by atoms with Crippen molar-refractivity contribution in [1.29, 1.82) is 0 Å². The molecule has 1 aromatic rings. The third kappa shape index (κ3) is 4.64. The number of nitrogens with one attached hydrogen (secondary N) is 1. The summed E-state index contributed by atoms with van der Waals surface area (Å²) in [5, 5.41) is 3.12. The zero-order chi connectivity index (χ0) is 17.8. The van der Waals surface area contributed by atoms with Crippen LogP contribution in [0.4, 0.5) is 0 Å². The zero-order valence-electron chi connectivity index (χ0n) is 15.5. The molecule has 25 heavy (non-hydrogen) atoms. The van der Waals surface area contributed by atoms with E-state index in [4.69, 9.17) is 9.47 Å². The van der Waals surface area contributed by atoms with Gasteiger partial charge in [0.1, 0.15) is 0 Å². The molecule has 2 heterocycles. The fourth-order valence-corrected chi connectivity index (χ4v) is 3.46. The van der Waals surface area contributed by atoms with E-state index in [1.807, 2.05) is 19.1 Å². The summed E-state index contributed by atoms with van der Waals surface area (Å²) in [5.41, 5.74) is 1.21. The van der Waals surface area contributed by atoms with Gasteiger partial charge in [0.2, 0.25) is 12.7 Å². The van der Waals surface area contributed by atoms with Crippen molar-refractivity contribution in [1.82, 2.24) is 15.1 Å². The van der Waals surface area contributed by atoms with Crippen molar-refractivity contribution in [2.45, 2.75) is 45.3 Å². The molecule has 0 bridgehead atoms. The Bertz CT molecular complexity index is 602. The maximum atomic E-state index is 12.2. The molecule has 6 heteroatoms. The largest absolute Gasteiger partial charge is 0.454 e. The molecule has 6 nitrogen and oxygen atoms in total. The van der Waals surface area contributed by atoms with E-state index >= 15 is 0 Å². The van der Waals surface area contributed by atoms with Crippen molar-refractivity contribution in [2.24, 2.45) is 0 Å². The number of hydrogen-bond acceptors (Lipinski definition) is 5. The molecule has 1 fully saturated rings. The number of hydrogen-bond donors (Lipinski definition) is 1. The summed E-state index contributed by atoms with van der Waals surface area (Å²) >= 11 is 0. The molecule has 0 saturated carbocycles. The summed E-state index contributed by atoms with van der Waals surface area (Å²) < 4.78 is 10.8. The van der Waals surface area contributed by atoms with E-state index in [2.05, 4.69) is 35.2 Å². The van der Waals surface area contributed by atoms with Crippen LogP contribution in [0, 0.1) is 0 Å². The quantitative estimate of drug-likeness (QED) is 0.763. The number of benzene rings is 1. The Kier molecular flexibility index (Phi) is 5.81. The molecule has 1 N–H and O–H groups in total. The summed E-state index contributed by atoms with van der Waals surface area (Å²) in [6.07, 6.45) is 3.29. The van der Waals surface area contributed by atoms with Gasteiger partial charge in [0.15, 0.2) is 11.5 Å². The lowest BCUT2D eigenvalue weighted by molar-refractivity contribution is -0.123. The van der Waals surface area contributed by atoms with Crippen LogP contribution >= 0.6 is 0 Å². The highest BCUT2D eigenvalue weighted by molar-refractivity contribution is 5.78. The third-order valence-electron chi connectivity index (χ3n) is 5.21. The number of carbonyl (C=O) groups is 1. The van der Waals surface area contributed by atoms with Crippen molar-refractivity contribution in [3.63, 3.8) is 0 Å². The molecule has 2 aliphatic heterocycles. The Morgan fingerprint density at radius 1 is 1.24 bits per heavy atom. The van der Waals surface area contributed by atoms with Gasteiger partial charge in [-0.3, -0.25) is 14.6 Å². The van der Waals surface area contributed by atoms with Crippen molar-refractivity contribution < 1.29 is 14.3 Å². The SMILES string of the molecule is CC(Cc1ccc2c(c1)OCO2)N(C)C(C)NC(=O)CN1CCCC1. The average Bonchev–Trinajstić information content (AvgIpc) is 3.24. The molecule has 0 spiro atoms. The second-order valence-corrected chi connectivity index (χ2v) is 7.13. The van der Waals surface area contributed by atoms with Gasteiger partial charge in [0.05, 0.1) is 12.7 Å². The Labute approximate surface area is 150 Å². The molecule has 1 amide bonds. The highest BCUT2D eigenvalue weighted by Crippen LogP contribution is 2.32. The lowest BCUT2D eigenvalue weighted by Crippen LogP contribution is -2.50. The average molecular weight is 347 g/mol. The van der Waals surface area contributed by atoms with Gasteiger partial charge < -0.3 is 14.8 Å². The van der Waals surface area contributed by atoms with E-state index in [9.17, 15) is 4.79 Å². The van der Waals surface area contributed by atoms with Gasteiger partial charge in [-0.25, -0.2) is 0 Å². The summed E-state index contributed by atoms with van der Waals surface area (Å²) in [5.74, 6) is 1.74. The molecule has 0 aliphatic carbocycles. The van der Waals surface area contributed by atoms with Crippen LogP contribution in [-0.4, -0.2) is 61.4 Å². The second-order valence-electron chi connectivity index (χ2n) is 7.13. The fraction of sp³-hybridized carbons (Fsp3) is 0.632. The first-order valence-corrected chi connectivity index (χ1v) is 9.15. The normalized spacial score (nSPS) is 19.2. The number of likely N-dealkylation sites (tertiary alicyclic amines) is 1. The van der Waals surface area contributed by atoms with Crippen LogP contribution < -0.4 is 14.8 Å². The van der Waals surface area contributed by atoms with E-state index in [0.29, 0.717) is 19.4 Å². The molecule has 0 aromatic heterocycles. The van der Waals surface area contributed by atoms with Crippen LogP contribution in [0.5, 0.6) is 11.5 Å². The van der Waals surface area contributed by atoms with Crippen LogP contribution in [0.1, 0.15) is 32.3 Å². The molecular formula is C19H29N3O3. The first-order valence-electron chi connectivity index (χ1n) is 9.15. The molecule has 2 atom stereocenters. The summed E-state index contributed by atoms with van der Waals surface area (Å²) in [7, 11) is 2.05. The Balaban J connectivity index is 1.48. The maximum absolute atomic E-state index is 12.2. The smallest absolute Gasteiger partial charge is 0.235 e. The second kappa shape index (κ2) is 8.06. The lowest BCUT2D eigenvalue weighted by Gasteiger charge is -2.32. The van der Waals surface area contributed by atoms with Gasteiger partial charge in [-0.15, -0.1) is 0 Å². The summed E-state index contributed by atoms with van der Waals surface area (Å²) in [4.78, 5) is 16.6. The highest BCUT2D eigenvalue weighted by Gasteiger charge is 2.21. The number of carbonyl (C=O) groups excluding carboxylic acids is 1. The van der Waals surface area contributed by atoms with Gasteiger partial charge in [-0.1, -0.05) is 6.07 Å². The predicted octanol–water partition coefficient (Wildman–Crippen LogP) is 1.84. The maximum Gasteiger partial charge on any atom is 0.235 e. The van der Waals surface area contributed by atoms with Crippen LogP contribution in [-0.2, 0) is 11.2 Å². The van der Waals surface area contributed by atoms with E-state index in [-0.39, 0.29) is 12.1 Å². The molecular weight excluding hydrogens is 318 g/mol. The Morgan fingerprint density at radius 2 is 1.96 bits per heavy atom. The highest BCUT2D eigenvalue weighted by atomic mass is 16.7. The summed E-state index contributed by atoms with van der Waals surface area (Å²) in [6, 6.07) is 6.38. The molecule has 2 unspecified atom stereocenters. The first kappa shape index (κ1) is 18.0. The third-order valence-corrected chi connectivity index (χ3v) is 5.21. The Morgan fingerprint density at radius 3 is 2.72 bits per heavy atom. The van der Waals surface area contributed by atoms with Crippen LogP contribution in [0.15, 0.2) is 18.2 Å². The first-order chi connectivity index (χ1) is 12.0. The van der Waals surface area contributed by atoms with E-state index in [1.54, 1.807) is 0 Å². The van der Waals surface area contributed by atoms with Crippen molar-refractivity contribution in [2.75, 3.05) is 33.5 Å². The van der Waals surface area contributed by atoms with Gasteiger partial charge in [0, 0.05) is 6.04 Å². The van der Waals surface area contributed by atoms with Crippen molar-refractivity contribution >= 4 is 5.91 Å². The topological polar surface area (TPSA) is 54.0 Å². The molecule has 3 rings (SSSR count). The zero-order valence-corrected chi connectivity index (χ0v) is 15.5. The number of ether oxygens (including phenoxy) is 2. The van der Waals surface area contributed by atoms with Crippen LogP contribution in [0.2, 0.25) is 0 Å². The predicted molar refractivity (Wildman–Crippen MR) is 96.8 cm³/mol. The van der Waals surface area contributed by atoms with Gasteiger partial charge in [-0.05, 0) is 70.9 Å². The molecule has 2 aliphatic rings. The molecule has 1 saturated heterocycles. The van der Waals surface area contributed by atoms with Crippen molar-refractivity contribution in [3.8, 4) is 11.5 Å². The van der Waals surface area contributed by atoms with Gasteiger partial charge in [0.25, 0.3) is 0 Å².